The zero-order chi connectivity index (χ0) is 11.5. The molecule has 2 heterocycles. The minimum Gasteiger partial charge on any atom is -0.354 e. The fourth-order valence-corrected chi connectivity index (χ4v) is 3.07. The normalized spacial score (nSPS) is 16.8. The first-order chi connectivity index (χ1) is 7.68. The first-order valence-electron chi connectivity index (χ1n) is 4.97. The number of carbonyl (C=O) groups excluding carboxylic acids is 2. The molecule has 0 radical (unpaired) electrons. The summed E-state index contributed by atoms with van der Waals surface area (Å²) < 4.78 is 0.825. The van der Waals surface area contributed by atoms with Crippen molar-refractivity contribution < 1.29 is 9.59 Å². The Morgan fingerprint density at radius 3 is 3.00 bits per heavy atom. The van der Waals surface area contributed by atoms with Crippen LogP contribution in [0.1, 0.15) is 16.1 Å². The molecule has 1 N–H and O–H groups in total. The highest BCUT2D eigenvalue weighted by Crippen LogP contribution is 2.24. The first kappa shape index (κ1) is 11.6. The summed E-state index contributed by atoms with van der Waals surface area (Å²) in [6.07, 6.45) is 0.384. The molecule has 2 amide bonds. The molecule has 2 rings (SSSR count). The maximum Gasteiger partial charge on any atom is 0.265 e. The van der Waals surface area contributed by atoms with E-state index in [1.807, 2.05) is 11.4 Å². The summed E-state index contributed by atoms with van der Waals surface area (Å²) in [5.41, 5.74) is 0. The van der Waals surface area contributed by atoms with E-state index in [4.69, 9.17) is 0 Å². The average Bonchev–Trinajstić information content (AvgIpc) is 2.56. The molecule has 1 aromatic heterocycles. The van der Waals surface area contributed by atoms with E-state index in [9.17, 15) is 9.59 Å². The second-order valence-corrected chi connectivity index (χ2v) is 5.26. The molecule has 16 heavy (non-hydrogen) atoms. The molecular weight excluding hydrogens is 292 g/mol. The second kappa shape index (κ2) is 4.97. The Hall–Kier alpha value is -0.880. The molecule has 0 atom stereocenters. The van der Waals surface area contributed by atoms with Crippen LogP contribution >= 0.6 is 27.3 Å². The van der Waals surface area contributed by atoms with Gasteiger partial charge in [-0.25, -0.2) is 0 Å². The van der Waals surface area contributed by atoms with E-state index in [1.54, 1.807) is 4.90 Å². The van der Waals surface area contributed by atoms with Gasteiger partial charge in [-0.1, -0.05) is 0 Å². The van der Waals surface area contributed by atoms with E-state index >= 15 is 0 Å². The van der Waals surface area contributed by atoms with Crippen LogP contribution in [-0.4, -0.2) is 36.3 Å². The molecule has 0 aliphatic carbocycles. The summed E-state index contributed by atoms with van der Waals surface area (Å²) in [6, 6.07) is 1.86. The third kappa shape index (κ3) is 2.44. The van der Waals surface area contributed by atoms with Crippen LogP contribution in [0.5, 0.6) is 0 Å². The lowest BCUT2D eigenvalue weighted by Gasteiger charge is -2.18. The van der Waals surface area contributed by atoms with E-state index in [0.29, 0.717) is 30.9 Å². The lowest BCUT2D eigenvalue weighted by molar-refractivity contribution is -0.120. The summed E-state index contributed by atoms with van der Waals surface area (Å²) in [5, 5.41) is 4.62. The maximum absolute atomic E-state index is 12.1. The lowest BCUT2D eigenvalue weighted by Crippen LogP contribution is -2.33. The number of amides is 2. The zero-order valence-electron chi connectivity index (χ0n) is 8.53. The Bertz CT molecular complexity index is 419. The Balaban J connectivity index is 2.10. The van der Waals surface area contributed by atoms with Crippen LogP contribution in [0, 0.1) is 0 Å². The highest BCUT2D eigenvalue weighted by atomic mass is 79.9. The van der Waals surface area contributed by atoms with Gasteiger partial charge in [0.1, 0.15) is 4.88 Å². The molecule has 0 aromatic carbocycles. The first-order valence-corrected chi connectivity index (χ1v) is 6.64. The minimum atomic E-state index is -0.00150. The fourth-order valence-electron chi connectivity index (χ4n) is 1.56. The van der Waals surface area contributed by atoms with Gasteiger partial charge in [-0.15, -0.1) is 11.3 Å². The van der Waals surface area contributed by atoms with Gasteiger partial charge in [-0.05, 0) is 27.4 Å². The molecule has 0 saturated carbocycles. The van der Waals surface area contributed by atoms with Gasteiger partial charge in [-0.3, -0.25) is 9.59 Å². The predicted molar refractivity (Wildman–Crippen MR) is 65.5 cm³/mol. The molecule has 1 aliphatic rings. The number of hydrogen-bond donors (Lipinski definition) is 1. The van der Waals surface area contributed by atoms with Crippen molar-refractivity contribution >= 4 is 39.1 Å². The van der Waals surface area contributed by atoms with Gasteiger partial charge in [0.15, 0.2) is 0 Å². The van der Waals surface area contributed by atoms with Gasteiger partial charge < -0.3 is 10.2 Å². The van der Waals surface area contributed by atoms with E-state index in [2.05, 4.69) is 21.2 Å². The maximum atomic E-state index is 12.1. The number of halogens is 1. The van der Waals surface area contributed by atoms with Crippen molar-refractivity contribution in [2.45, 2.75) is 6.42 Å². The standard InChI is InChI=1S/C10H11BrN2O2S/c11-7-2-6-16-9(7)10(15)13-4-1-8(14)12-3-5-13/h2,6H,1,3-5H2,(H,12,14). The van der Waals surface area contributed by atoms with Crippen LogP contribution < -0.4 is 5.32 Å². The lowest BCUT2D eigenvalue weighted by atomic mass is 10.3. The Morgan fingerprint density at radius 1 is 1.50 bits per heavy atom. The number of thiophene rings is 1. The van der Waals surface area contributed by atoms with Crippen molar-refractivity contribution in [2.75, 3.05) is 19.6 Å². The molecule has 1 fully saturated rings. The summed E-state index contributed by atoms with van der Waals surface area (Å²) in [7, 11) is 0. The van der Waals surface area contributed by atoms with Crippen molar-refractivity contribution in [3.05, 3.63) is 20.8 Å². The minimum absolute atomic E-state index is 0.00150. The Morgan fingerprint density at radius 2 is 2.31 bits per heavy atom. The van der Waals surface area contributed by atoms with Crippen LogP contribution in [0.25, 0.3) is 0 Å². The summed E-state index contributed by atoms with van der Waals surface area (Å²) in [4.78, 5) is 25.7. The van der Waals surface area contributed by atoms with Crippen molar-refractivity contribution in [3.63, 3.8) is 0 Å². The summed E-state index contributed by atoms with van der Waals surface area (Å²) in [6.45, 7) is 1.61. The number of rotatable bonds is 1. The number of nitrogens with one attached hydrogen (secondary N) is 1. The highest BCUT2D eigenvalue weighted by molar-refractivity contribution is 9.10. The van der Waals surface area contributed by atoms with E-state index < -0.39 is 0 Å². The van der Waals surface area contributed by atoms with Gasteiger partial charge in [0, 0.05) is 30.5 Å². The third-order valence-electron chi connectivity index (χ3n) is 2.41. The van der Waals surface area contributed by atoms with Crippen LogP contribution in [0.15, 0.2) is 15.9 Å². The Kier molecular flexibility index (Phi) is 3.60. The van der Waals surface area contributed by atoms with Crippen molar-refractivity contribution in [1.29, 1.82) is 0 Å². The molecule has 0 spiro atoms. The van der Waals surface area contributed by atoms with Crippen molar-refractivity contribution in [2.24, 2.45) is 0 Å². The second-order valence-electron chi connectivity index (χ2n) is 3.49. The molecule has 4 nitrogen and oxygen atoms in total. The number of nitrogens with zero attached hydrogens (tertiary/aromatic N) is 1. The van der Waals surface area contributed by atoms with E-state index in [1.165, 1.54) is 11.3 Å². The van der Waals surface area contributed by atoms with Crippen LogP contribution in [0.2, 0.25) is 0 Å². The largest absolute Gasteiger partial charge is 0.354 e. The van der Waals surface area contributed by atoms with Crippen LogP contribution in [-0.2, 0) is 4.79 Å². The molecule has 86 valence electrons. The number of carbonyl (C=O) groups is 2. The smallest absolute Gasteiger partial charge is 0.265 e. The van der Waals surface area contributed by atoms with E-state index in [0.717, 1.165) is 4.47 Å². The molecule has 6 heteroatoms. The van der Waals surface area contributed by atoms with Crippen molar-refractivity contribution in [3.8, 4) is 0 Å². The topological polar surface area (TPSA) is 49.4 Å². The average molecular weight is 303 g/mol. The zero-order valence-corrected chi connectivity index (χ0v) is 10.9. The predicted octanol–water partition coefficient (Wildman–Crippen LogP) is 1.47. The van der Waals surface area contributed by atoms with Gasteiger partial charge in [0.2, 0.25) is 5.91 Å². The van der Waals surface area contributed by atoms with Gasteiger partial charge in [-0.2, -0.15) is 0 Å². The molecule has 0 unspecified atom stereocenters. The molecule has 1 aliphatic heterocycles. The highest BCUT2D eigenvalue weighted by Gasteiger charge is 2.21. The summed E-state index contributed by atoms with van der Waals surface area (Å²) >= 11 is 4.76. The van der Waals surface area contributed by atoms with Gasteiger partial charge in [0.05, 0.1) is 0 Å². The monoisotopic (exact) mass is 302 g/mol. The molecule has 1 aromatic rings. The van der Waals surface area contributed by atoms with Crippen molar-refractivity contribution in [1.82, 2.24) is 10.2 Å². The summed E-state index contributed by atoms with van der Waals surface area (Å²) in [5.74, 6) is 0.0129. The Labute approximate surface area is 106 Å². The van der Waals surface area contributed by atoms with Gasteiger partial charge in [0.25, 0.3) is 5.91 Å². The quantitative estimate of drug-likeness (QED) is 0.854. The van der Waals surface area contributed by atoms with Crippen LogP contribution in [0.3, 0.4) is 0 Å². The molecular formula is C10H11BrN2O2S. The van der Waals surface area contributed by atoms with E-state index in [-0.39, 0.29) is 11.8 Å². The number of hydrogen-bond acceptors (Lipinski definition) is 3. The van der Waals surface area contributed by atoms with Gasteiger partial charge >= 0.3 is 0 Å². The molecule has 1 saturated heterocycles. The van der Waals surface area contributed by atoms with Crippen LogP contribution in [0.4, 0.5) is 0 Å². The SMILES string of the molecule is O=C1CCN(C(=O)c2sccc2Br)CCN1. The fraction of sp³-hybridized carbons (Fsp3) is 0.400. The molecule has 0 bridgehead atoms. The third-order valence-corrected chi connectivity index (χ3v) is 4.24.